The maximum absolute atomic E-state index is 12.8. The quantitative estimate of drug-likeness (QED) is 0.808. The molecule has 3 heterocycles. The third kappa shape index (κ3) is 2.72. The van der Waals surface area contributed by atoms with Gasteiger partial charge < -0.3 is 14.4 Å². The number of carbonyl (C=O) groups excluding carboxylic acids is 2. The molecule has 1 saturated heterocycles. The molecule has 2 aliphatic heterocycles. The molecule has 0 N–H and O–H groups in total. The van der Waals surface area contributed by atoms with Crippen LogP contribution in [0.15, 0.2) is 0 Å². The first-order chi connectivity index (χ1) is 11.2. The third-order valence-electron chi connectivity index (χ3n) is 5.20. The zero-order chi connectivity index (χ0) is 16.0. The average Bonchev–Trinajstić information content (AvgIpc) is 3.16. The van der Waals surface area contributed by atoms with Crippen LogP contribution in [0.3, 0.4) is 0 Å². The number of hydrogen-bond donors (Lipinski definition) is 0. The second-order valence-corrected chi connectivity index (χ2v) is 6.94. The average molecular weight is 317 g/mol. The van der Waals surface area contributed by atoms with Crippen molar-refractivity contribution in [3.8, 4) is 0 Å². The first-order valence-corrected chi connectivity index (χ1v) is 8.63. The molecule has 0 aromatic carbocycles. The van der Waals surface area contributed by atoms with E-state index in [0.29, 0.717) is 32.0 Å². The lowest BCUT2D eigenvalue weighted by atomic mass is 10.1. The molecule has 1 aliphatic carbocycles. The van der Waals surface area contributed by atoms with E-state index in [1.807, 2.05) is 9.80 Å². The number of fused-ring (bicyclic) bond motifs is 1. The molecule has 0 bridgehead atoms. The summed E-state index contributed by atoms with van der Waals surface area (Å²) in [6, 6.07) is 0. The third-order valence-corrected chi connectivity index (χ3v) is 5.20. The zero-order valence-electron chi connectivity index (χ0n) is 13.6. The van der Waals surface area contributed by atoms with Gasteiger partial charge in [-0.1, -0.05) is 6.92 Å². The molecule has 3 aliphatic rings. The number of aromatic nitrogens is 3. The maximum atomic E-state index is 12.8. The number of carbonyl (C=O) groups is 2. The lowest BCUT2D eigenvalue weighted by molar-refractivity contribution is -0.137. The second-order valence-electron chi connectivity index (χ2n) is 6.94. The van der Waals surface area contributed by atoms with E-state index in [1.165, 1.54) is 12.8 Å². The molecule has 23 heavy (non-hydrogen) atoms. The minimum atomic E-state index is -0.179. The van der Waals surface area contributed by atoms with Crippen LogP contribution in [0.25, 0.3) is 0 Å². The number of rotatable bonds is 4. The molecule has 7 nitrogen and oxygen atoms in total. The molecule has 7 heteroatoms. The number of amides is 2. The molecule has 1 saturated carbocycles. The lowest BCUT2D eigenvalue weighted by Gasteiger charge is -2.29. The van der Waals surface area contributed by atoms with Gasteiger partial charge in [-0.2, -0.15) is 0 Å². The van der Waals surface area contributed by atoms with E-state index in [1.54, 1.807) is 0 Å². The van der Waals surface area contributed by atoms with Crippen molar-refractivity contribution >= 4 is 11.8 Å². The Hall–Kier alpha value is -1.92. The molecule has 124 valence electrons. The summed E-state index contributed by atoms with van der Waals surface area (Å²) >= 11 is 0. The summed E-state index contributed by atoms with van der Waals surface area (Å²) in [7, 11) is 0. The number of aryl methyl sites for hydroxylation is 1. The summed E-state index contributed by atoms with van der Waals surface area (Å²) in [5, 5.41) is 8.39. The summed E-state index contributed by atoms with van der Waals surface area (Å²) in [4.78, 5) is 28.6. The van der Waals surface area contributed by atoms with Crippen molar-refractivity contribution in [2.24, 2.45) is 11.8 Å². The molecular weight excluding hydrogens is 294 g/mol. The predicted molar refractivity (Wildman–Crippen MR) is 82.2 cm³/mol. The predicted octanol–water partition coefficient (Wildman–Crippen LogP) is 0.441. The monoisotopic (exact) mass is 317 g/mol. The van der Waals surface area contributed by atoms with Crippen molar-refractivity contribution in [3.05, 3.63) is 11.6 Å². The van der Waals surface area contributed by atoms with Crippen LogP contribution in [-0.4, -0.2) is 56.0 Å². The molecule has 1 atom stereocenters. The molecule has 0 unspecified atom stereocenters. The lowest BCUT2D eigenvalue weighted by Crippen LogP contribution is -2.42. The van der Waals surface area contributed by atoms with Crippen molar-refractivity contribution < 1.29 is 9.59 Å². The van der Waals surface area contributed by atoms with E-state index in [9.17, 15) is 9.59 Å². The van der Waals surface area contributed by atoms with Crippen LogP contribution < -0.4 is 0 Å². The van der Waals surface area contributed by atoms with Gasteiger partial charge in [0.1, 0.15) is 5.82 Å². The highest BCUT2D eigenvalue weighted by Gasteiger charge is 2.39. The zero-order valence-corrected chi connectivity index (χ0v) is 13.6. The molecule has 4 rings (SSSR count). The Morgan fingerprint density at radius 2 is 2.09 bits per heavy atom. The van der Waals surface area contributed by atoms with Gasteiger partial charge in [0, 0.05) is 39.0 Å². The minimum absolute atomic E-state index is 0.101. The van der Waals surface area contributed by atoms with Gasteiger partial charge in [-0.15, -0.1) is 10.2 Å². The van der Waals surface area contributed by atoms with E-state index in [0.717, 1.165) is 31.2 Å². The van der Waals surface area contributed by atoms with E-state index in [-0.39, 0.29) is 17.7 Å². The van der Waals surface area contributed by atoms with Crippen LogP contribution in [0.4, 0.5) is 0 Å². The fraction of sp³-hybridized carbons (Fsp3) is 0.750. The minimum Gasteiger partial charge on any atom is -0.342 e. The Morgan fingerprint density at radius 3 is 2.83 bits per heavy atom. The van der Waals surface area contributed by atoms with Gasteiger partial charge in [0.05, 0.1) is 12.5 Å². The molecule has 0 spiro atoms. The Kier molecular flexibility index (Phi) is 3.58. The highest BCUT2D eigenvalue weighted by Crippen LogP contribution is 2.32. The Labute approximate surface area is 135 Å². The molecular formula is C16H23N5O2. The smallest absolute Gasteiger partial charge is 0.228 e. The Balaban J connectivity index is 1.40. The van der Waals surface area contributed by atoms with Crippen molar-refractivity contribution in [3.63, 3.8) is 0 Å². The van der Waals surface area contributed by atoms with Gasteiger partial charge in [-0.3, -0.25) is 9.59 Å². The first kappa shape index (κ1) is 14.7. The molecule has 1 aromatic heterocycles. The van der Waals surface area contributed by atoms with Crippen molar-refractivity contribution in [1.29, 1.82) is 0 Å². The van der Waals surface area contributed by atoms with Crippen molar-refractivity contribution in [1.82, 2.24) is 24.6 Å². The van der Waals surface area contributed by atoms with E-state index in [2.05, 4.69) is 21.7 Å². The number of nitrogens with zero attached hydrogens (tertiary/aromatic N) is 5. The standard InChI is InChI=1S/C16H23N5O2/c1-2-13-17-18-14-10-19(5-6-21(13)14)16(23)12-7-15(22)20(9-12)8-11-3-4-11/h11-12H,2-10H2,1H3/t12-/m0/s1. The van der Waals surface area contributed by atoms with Crippen molar-refractivity contribution in [2.45, 2.75) is 45.7 Å². The maximum Gasteiger partial charge on any atom is 0.228 e. The summed E-state index contributed by atoms with van der Waals surface area (Å²) < 4.78 is 2.11. The van der Waals surface area contributed by atoms with E-state index < -0.39 is 0 Å². The van der Waals surface area contributed by atoms with E-state index in [4.69, 9.17) is 0 Å². The first-order valence-electron chi connectivity index (χ1n) is 8.63. The van der Waals surface area contributed by atoms with Gasteiger partial charge in [-0.25, -0.2) is 0 Å². The van der Waals surface area contributed by atoms with Crippen LogP contribution in [0.1, 0.15) is 37.8 Å². The van der Waals surface area contributed by atoms with Crippen LogP contribution in [0.2, 0.25) is 0 Å². The number of likely N-dealkylation sites (tertiary alicyclic amines) is 1. The SMILES string of the molecule is CCc1nnc2n1CCN(C(=O)[C@H]1CC(=O)N(CC3CC3)C1)C2. The fourth-order valence-corrected chi connectivity index (χ4v) is 3.65. The van der Waals surface area contributed by atoms with Crippen LogP contribution >= 0.6 is 0 Å². The highest BCUT2D eigenvalue weighted by atomic mass is 16.2. The summed E-state index contributed by atoms with van der Waals surface area (Å²) in [6.07, 6.45) is 3.68. The second kappa shape index (κ2) is 5.62. The largest absolute Gasteiger partial charge is 0.342 e. The Bertz CT molecular complexity index is 636. The molecule has 1 aromatic rings. The summed E-state index contributed by atoms with van der Waals surface area (Å²) in [6.45, 7) is 5.45. The van der Waals surface area contributed by atoms with Gasteiger partial charge >= 0.3 is 0 Å². The van der Waals surface area contributed by atoms with Gasteiger partial charge in [0.15, 0.2) is 5.82 Å². The molecule has 2 amide bonds. The molecule has 2 fully saturated rings. The van der Waals surface area contributed by atoms with Gasteiger partial charge in [-0.05, 0) is 18.8 Å². The molecule has 0 radical (unpaired) electrons. The van der Waals surface area contributed by atoms with Gasteiger partial charge in [0.2, 0.25) is 11.8 Å². The number of hydrogen-bond acceptors (Lipinski definition) is 4. The summed E-state index contributed by atoms with van der Waals surface area (Å²) in [5.74, 6) is 2.59. The topological polar surface area (TPSA) is 71.3 Å². The van der Waals surface area contributed by atoms with Crippen molar-refractivity contribution in [2.75, 3.05) is 19.6 Å². The Morgan fingerprint density at radius 1 is 1.26 bits per heavy atom. The summed E-state index contributed by atoms with van der Waals surface area (Å²) in [5.41, 5.74) is 0. The van der Waals surface area contributed by atoms with E-state index >= 15 is 0 Å². The normalized spacial score (nSPS) is 24.2. The van der Waals surface area contributed by atoms with Crippen LogP contribution in [0, 0.1) is 11.8 Å². The van der Waals surface area contributed by atoms with Gasteiger partial charge in [0.25, 0.3) is 0 Å². The van der Waals surface area contributed by atoms with Crippen LogP contribution in [0.5, 0.6) is 0 Å². The highest BCUT2D eigenvalue weighted by molar-refractivity contribution is 5.89. The van der Waals surface area contributed by atoms with Crippen LogP contribution in [-0.2, 0) is 29.1 Å². The fourth-order valence-electron chi connectivity index (χ4n) is 3.65.